The lowest BCUT2D eigenvalue weighted by Gasteiger charge is -2.56. The first-order valence-corrected chi connectivity index (χ1v) is 12.5. The maximum atomic E-state index is 13.1. The Hall–Kier alpha value is -1.98. The third-order valence-electron chi connectivity index (χ3n) is 8.40. The van der Waals surface area contributed by atoms with E-state index in [1.54, 1.807) is 6.33 Å². The van der Waals surface area contributed by atoms with Gasteiger partial charge in [0, 0.05) is 36.6 Å². The Kier molecular flexibility index (Phi) is 5.22. The van der Waals surface area contributed by atoms with Crippen LogP contribution in [0.15, 0.2) is 30.6 Å². The van der Waals surface area contributed by atoms with Crippen LogP contribution in [0, 0.1) is 23.2 Å². The van der Waals surface area contributed by atoms with Crippen LogP contribution in [0.3, 0.4) is 0 Å². The lowest BCUT2D eigenvalue weighted by Crippen LogP contribution is -2.47. The predicted molar refractivity (Wildman–Crippen MR) is 125 cm³/mol. The quantitative estimate of drug-likeness (QED) is 0.677. The van der Waals surface area contributed by atoms with Crippen LogP contribution in [0.25, 0.3) is 0 Å². The van der Waals surface area contributed by atoms with E-state index >= 15 is 0 Å². The molecule has 4 saturated carbocycles. The van der Waals surface area contributed by atoms with Crippen molar-refractivity contribution in [2.24, 2.45) is 23.2 Å². The number of hydrogen-bond donors (Lipinski definition) is 1. The van der Waals surface area contributed by atoms with Gasteiger partial charge in [0.05, 0.1) is 5.69 Å². The van der Waals surface area contributed by atoms with E-state index in [2.05, 4.69) is 26.3 Å². The number of nitrogens with zero attached hydrogens (tertiary/aromatic N) is 3. The molecule has 0 radical (unpaired) electrons. The molecule has 0 spiro atoms. The molecule has 32 heavy (non-hydrogen) atoms. The summed E-state index contributed by atoms with van der Waals surface area (Å²) in [5, 5.41) is 3.99. The molecule has 1 aliphatic heterocycles. The smallest absolute Gasteiger partial charge is 0.226 e. The molecule has 0 saturated heterocycles. The number of aromatic nitrogens is 2. The van der Waals surface area contributed by atoms with Gasteiger partial charge in [0.1, 0.15) is 12.1 Å². The van der Waals surface area contributed by atoms with Gasteiger partial charge in [0.2, 0.25) is 5.91 Å². The van der Waals surface area contributed by atoms with Gasteiger partial charge in [-0.3, -0.25) is 9.69 Å². The van der Waals surface area contributed by atoms with Crippen molar-refractivity contribution >= 4 is 23.3 Å². The van der Waals surface area contributed by atoms with E-state index in [4.69, 9.17) is 11.6 Å². The van der Waals surface area contributed by atoms with Gasteiger partial charge in [0.15, 0.2) is 0 Å². The van der Waals surface area contributed by atoms with Crippen LogP contribution in [0.1, 0.15) is 61.8 Å². The summed E-state index contributed by atoms with van der Waals surface area (Å²) in [6.45, 7) is 2.46. The first-order chi connectivity index (χ1) is 15.6. The fraction of sp³-hybridized carbons (Fsp3) is 0.577. The highest BCUT2D eigenvalue weighted by Gasteiger charge is 2.51. The topological polar surface area (TPSA) is 58.1 Å². The van der Waals surface area contributed by atoms with E-state index in [0.29, 0.717) is 6.42 Å². The molecule has 5 aliphatic rings. The van der Waals surface area contributed by atoms with Gasteiger partial charge < -0.3 is 5.32 Å². The van der Waals surface area contributed by atoms with Crippen molar-refractivity contribution in [1.82, 2.24) is 14.9 Å². The second-order valence-electron chi connectivity index (χ2n) is 10.8. The molecule has 4 bridgehead atoms. The van der Waals surface area contributed by atoms with Gasteiger partial charge in [-0.2, -0.15) is 0 Å². The van der Waals surface area contributed by atoms with Crippen LogP contribution in [-0.4, -0.2) is 27.3 Å². The summed E-state index contributed by atoms with van der Waals surface area (Å²) in [4.78, 5) is 24.5. The fourth-order valence-corrected chi connectivity index (χ4v) is 7.74. The van der Waals surface area contributed by atoms with E-state index in [9.17, 15) is 4.79 Å². The SMILES string of the molecule is O=C(CC12CC3CC(CC(C3)C1)C2)Nc1ncnc2c1CCN(Cc1ccccc1Cl)C2. The summed E-state index contributed by atoms with van der Waals surface area (Å²) in [6, 6.07) is 8.00. The summed E-state index contributed by atoms with van der Waals surface area (Å²) >= 11 is 6.35. The number of nitrogens with one attached hydrogen (secondary N) is 1. The molecule has 1 N–H and O–H groups in total. The first kappa shape index (κ1) is 20.6. The van der Waals surface area contributed by atoms with Crippen molar-refractivity contribution in [3.05, 3.63) is 52.4 Å². The van der Waals surface area contributed by atoms with Crippen LogP contribution < -0.4 is 5.32 Å². The van der Waals surface area contributed by atoms with Gasteiger partial charge in [-0.15, -0.1) is 0 Å². The van der Waals surface area contributed by atoms with Crippen molar-refractivity contribution < 1.29 is 4.79 Å². The van der Waals surface area contributed by atoms with Gasteiger partial charge in [0.25, 0.3) is 0 Å². The highest BCUT2D eigenvalue weighted by molar-refractivity contribution is 6.31. The minimum Gasteiger partial charge on any atom is -0.310 e. The summed E-state index contributed by atoms with van der Waals surface area (Å²) in [5.74, 6) is 3.47. The minimum atomic E-state index is 0.145. The maximum Gasteiger partial charge on any atom is 0.226 e. The summed E-state index contributed by atoms with van der Waals surface area (Å²) in [7, 11) is 0. The van der Waals surface area contributed by atoms with Crippen molar-refractivity contribution in [1.29, 1.82) is 0 Å². The van der Waals surface area contributed by atoms with Gasteiger partial charge in [-0.05, 0) is 79.7 Å². The Morgan fingerprint density at radius 1 is 1.09 bits per heavy atom. The molecular formula is C26H31ClN4O. The second-order valence-corrected chi connectivity index (χ2v) is 11.2. The summed E-state index contributed by atoms with van der Waals surface area (Å²) in [6.07, 6.45) is 11.1. The van der Waals surface area contributed by atoms with Crippen molar-refractivity contribution in [2.45, 2.75) is 64.5 Å². The predicted octanol–water partition coefficient (Wildman–Crippen LogP) is 5.23. The molecule has 1 aromatic heterocycles. The maximum absolute atomic E-state index is 13.1. The average Bonchev–Trinajstić information content (AvgIpc) is 2.74. The van der Waals surface area contributed by atoms with E-state index in [1.165, 1.54) is 38.5 Å². The number of carbonyl (C=O) groups excluding carboxylic acids is 1. The van der Waals surface area contributed by atoms with Crippen LogP contribution in [0.2, 0.25) is 5.02 Å². The second kappa shape index (κ2) is 8.11. The highest BCUT2D eigenvalue weighted by Crippen LogP contribution is 2.61. The van der Waals surface area contributed by atoms with Crippen LogP contribution >= 0.6 is 11.6 Å². The number of halogens is 1. The molecule has 2 aromatic rings. The molecule has 4 fully saturated rings. The highest BCUT2D eigenvalue weighted by atomic mass is 35.5. The molecule has 168 valence electrons. The van der Waals surface area contributed by atoms with Crippen LogP contribution in [0.5, 0.6) is 0 Å². The molecule has 7 rings (SSSR count). The lowest BCUT2D eigenvalue weighted by molar-refractivity contribution is -0.124. The Labute approximate surface area is 195 Å². The van der Waals surface area contributed by atoms with Crippen molar-refractivity contribution in [3.8, 4) is 0 Å². The van der Waals surface area contributed by atoms with Gasteiger partial charge in [-0.1, -0.05) is 29.8 Å². The molecule has 2 heterocycles. The molecule has 4 aliphatic carbocycles. The minimum absolute atomic E-state index is 0.145. The van der Waals surface area contributed by atoms with Crippen molar-refractivity contribution in [3.63, 3.8) is 0 Å². The Morgan fingerprint density at radius 3 is 2.53 bits per heavy atom. The number of amides is 1. The Morgan fingerprint density at radius 2 is 1.81 bits per heavy atom. The molecule has 1 amide bonds. The standard InChI is InChI=1S/C26H31ClN4O/c27-22-4-2-1-3-20(22)14-31-6-5-21-23(15-31)28-16-29-25(21)30-24(32)13-26-10-17-7-18(11-26)9-19(8-17)12-26/h1-4,16-19H,5-15H2,(H,28,29,30,32). The molecule has 0 atom stereocenters. The third-order valence-corrected chi connectivity index (χ3v) is 8.76. The van der Waals surface area contributed by atoms with E-state index in [0.717, 1.165) is 71.5 Å². The number of anilines is 1. The van der Waals surface area contributed by atoms with Crippen molar-refractivity contribution in [2.75, 3.05) is 11.9 Å². The number of fused-ring (bicyclic) bond motifs is 1. The van der Waals surface area contributed by atoms with Gasteiger partial charge >= 0.3 is 0 Å². The Bertz CT molecular complexity index is 1000. The average molecular weight is 451 g/mol. The fourth-order valence-electron chi connectivity index (χ4n) is 7.54. The molecular weight excluding hydrogens is 420 g/mol. The number of hydrogen-bond acceptors (Lipinski definition) is 4. The van der Waals surface area contributed by atoms with Crippen LogP contribution in [0.4, 0.5) is 5.82 Å². The largest absolute Gasteiger partial charge is 0.310 e. The Balaban J connectivity index is 1.13. The number of carbonyl (C=O) groups is 1. The molecule has 1 aromatic carbocycles. The first-order valence-electron chi connectivity index (χ1n) is 12.1. The third kappa shape index (κ3) is 3.94. The molecule has 5 nitrogen and oxygen atoms in total. The number of benzene rings is 1. The summed E-state index contributed by atoms with van der Waals surface area (Å²) in [5.41, 5.74) is 3.50. The monoisotopic (exact) mass is 450 g/mol. The zero-order chi connectivity index (χ0) is 21.7. The van der Waals surface area contributed by atoms with E-state index < -0.39 is 0 Å². The van der Waals surface area contributed by atoms with E-state index in [-0.39, 0.29) is 11.3 Å². The summed E-state index contributed by atoms with van der Waals surface area (Å²) < 4.78 is 0. The van der Waals surface area contributed by atoms with Gasteiger partial charge in [-0.25, -0.2) is 9.97 Å². The van der Waals surface area contributed by atoms with Crippen LogP contribution in [-0.2, 0) is 24.3 Å². The van der Waals surface area contributed by atoms with E-state index in [1.807, 2.05) is 18.2 Å². The zero-order valence-electron chi connectivity index (χ0n) is 18.5. The normalized spacial score (nSPS) is 30.8. The lowest BCUT2D eigenvalue weighted by atomic mass is 9.49. The zero-order valence-corrected chi connectivity index (χ0v) is 19.3. The number of rotatable bonds is 5. The molecule has 0 unspecified atom stereocenters. The molecule has 6 heteroatoms.